The van der Waals surface area contributed by atoms with Crippen LogP contribution in [0.3, 0.4) is 0 Å². The minimum absolute atomic E-state index is 0.210. The highest BCUT2D eigenvalue weighted by molar-refractivity contribution is 6.29. The molecule has 1 aliphatic heterocycles. The van der Waals surface area contributed by atoms with E-state index in [1.54, 1.807) is 19.2 Å². The third-order valence-corrected chi connectivity index (χ3v) is 4.52. The van der Waals surface area contributed by atoms with Crippen molar-refractivity contribution >= 4 is 23.7 Å². The molecule has 0 atom stereocenters. The maximum Gasteiger partial charge on any atom is 0.340 e. The van der Waals surface area contributed by atoms with E-state index >= 15 is 0 Å². The molecule has 6 nitrogen and oxygen atoms in total. The molecule has 2 N–H and O–H groups in total. The third kappa shape index (κ3) is 2.94. The summed E-state index contributed by atoms with van der Waals surface area (Å²) in [6.45, 7) is 2.08. The van der Waals surface area contributed by atoms with Crippen molar-refractivity contribution in [3.05, 3.63) is 53.4 Å². The molecule has 1 aliphatic carbocycles. The summed E-state index contributed by atoms with van der Waals surface area (Å²) in [6.07, 6.45) is 5.52. The van der Waals surface area contributed by atoms with Crippen LogP contribution in [0, 0.1) is 5.92 Å². The zero-order valence-electron chi connectivity index (χ0n) is 14.4. The predicted octanol–water partition coefficient (Wildman–Crippen LogP) is 3.14. The number of nitrogens with zero attached hydrogens (tertiary/aromatic N) is 1. The summed E-state index contributed by atoms with van der Waals surface area (Å²) in [5.74, 6) is -0.253. The van der Waals surface area contributed by atoms with Crippen molar-refractivity contribution in [1.82, 2.24) is 10.4 Å². The van der Waals surface area contributed by atoms with Gasteiger partial charge >= 0.3 is 5.97 Å². The number of rotatable bonds is 5. The van der Waals surface area contributed by atoms with Gasteiger partial charge in [-0.3, -0.25) is 4.79 Å². The van der Waals surface area contributed by atoms with Crippen molar-refractivity contribution in [2.45, 2.75) is 19.8 Å². The van der Waals surface area contributed by atoms with E-state index in [9.17, 15) is 9.59 Å². The Hall–Kier alpha value is -3.15. The van der Waals surface area contributed by atoms with Crippen LogP contribution in [0.15, 0.2) is 47.2 Å². The van der Waals surface area contributed by atoms with E-state index < -0.39 is 0 Å². The van der Waals surface area contributed by atoms with Gasteiger partial charge in [0.1, 0.15) is 0 Å². The molecule has 0 radical (unpaired) electrons. The molecule has 4 rings (SSSR count). The topological polar surface area (TPSA) is 83.5 Å². The van der Waals surface area contributed by atoms with Crippen LogP contribution in [0.2, 0.25) is 0 Å². The number of nitrogens with one attached hydrogen (secondary N) is 2. The highest BCUT2D eigenvalue weighted by Crippen LogP contribution is 2.36. The first-order valence-corrected chi connectivity index (χ1v) is 8.73. The molecule has 0 bridgehead atoms. The van der Waals surface area contributed by atoms with Crippen molar-refractivity contribution in [1.29, 1.82) is 0 Å². The standard InChI is InChI=1S/C20H19N3O3/c1-2-26-20(25)15-11-21-16(17(15)12-6-4-3-5-7-12)10-14-18(13-8-9-13)22-23-19(14)24/h3-7,10-11,13,21H,2,8-9H2,1H3,(H,23,24). The molecule has 132 valence electrons. The average Bonchev–Trinajstić information content (AvgIpc) is 3.31. The second-order valence-corrected chi connectivity index (χ2v) is 6.35. The van der Waals surface area contributed by atoms with Crippen molar-refractivity contribution < 1.29 is 14.3 Å². The number of hydrogen-bond donors (Lipinski definition) is 2. The fourth-order valence-corrected chi connectivity index (χ4v) is 3.14. The first-order chi connectivity index (χ1) is 12.7. The first kappa shape index (κ1) is 16.3. The van der Waals surface area contributed by atoms with E-state index in [4.69, 9.17) is 4.74 Å². The van der Waals surface area contributed by atoms with E-state index in [1.165, 1.54) is 0 Å². The van der Waals surface area contributed by atoms with Gasteiger partial charge in [0.15, 0.2) is 0 Å². The Balaban J connectivity index is 1.81. The van der Waals surface area contributed by atoms with Gasteiger partial charge in [0, 0.05) is 23.4 Å². The summed E-state index contributed by atoms with van der Waals surface area (Å²) in [5, 5.41) is 4.17. The molecule has 1 aromatic carbocycles. The lowest BCUT2D eigenvalue weighted by atomic mass is 9.98. The van der Waals surface area contributed by atoms with Crippen molar-refractivity contribution in [3.8, 4) is 11.1 Å². The van der Waals surface area contributed by atoms with Gasteiger partial charge in [0.05, 0.1) is 23.5 Å². The zero-order valence-corrected chi connectivity index (χ0v) is 14.4. The fourth-order valence-electron chi connectivity index (χ4n) is 3.14. The van der Waals surface area contributed by atoms with Crippen LogP contribution in [-0.2, 0) is 9.53 Å². The van der Waals surface area contributed by atoms with E-state index in [0.717, 1.165) is 29.7 Å². The van der Waals surface area contributed by atoms with Gasteiger partial charge in [0.25, 0.3) is 5.91 Å². The number of benzene rings is 1. The zero-order chi connectivity index (χ0) is 18.1. The van der Waals surface area contributed by atoms with E-state index in [2.05, 4.69) is 15.5 Å². The number of esters is 1. The van der Waals surface area contributed by atoms with Gasteiger partial charge in [-0.2, -0.15) is 5.10 Å². The molecule has 1 fully saturated rings. The molecular formula is C20H19N3O3. The summed E-state index contributed by atoms with van der Waals surface area (Å²) in [7, 11) is 0. The van der Waals surface area contributed by atoms with Gasteiger partial charge < -0.3 is 9.72 Å². The van der Waals surface area contributed by atoms with Crippen molar-refractivity contribution in [2.24, 2.45) is 11.0 Å². The van der Waals surface area contributed by atoms with Gasteiger partial charge in [0.2, 0.25) is 0 Å². The van der Waals surface area contributed by atoms with Gasteiger partial charge in [-0.05, 0) is 31.4 Å². The Bertz CT molecular complexity index is 921. The molecule has 2 aromatic rings. The Labute approximate surface area is 150 Å². The summed E-state index contributed by atoms with van der Waals surface area (Å²) < 4.78 is 5.18. The second-order valence-electron chi connectivity index (χ2n) is 6.35. The lowest BCUT2D eigenvalue weighted by Gasteiger charge is -2.07. The van der Waals surface area contributed by atoms with E-state index in [1.807, 2.05) is 30.3 Å². The van der Waals surface area contributed by atoms with Crippen LogP contribution in [0.4, 0.5) is 0 Å². The molecule has 1 amide bonds. The monoisotopic (exact) mass is 349 g/mol. The highest BCUT2D eigenvalue weighted by Gasteiger charge is 2.36. The molecule has 1 saturated carbocycles. The van der Waals surface area contributed by atoms with Crippen LogP contribution in [0.25, 0.3) is 17.2 Å². The lowest BCUT2D eigenvalue weighted by molar-refractivity contribution is -0.116. The number of carbonyl (C=O) groups is 2. The van der Waals surface area contributed by atoms with Crippen molar-refractivity contribution in [3.63, 3.8) is 0 Å². The second kappa shape index (κ2) is 6.63. The number of ether oxygens (including phenoxy) is 1. The number of hydrazone groups is 1. The molecule has 26 heavy (non-hydrogen) atoms. The van der Waals surface area contributed by atoms with E-state index in [-0.39, 0.29) is 11.9 Å². The SMILES string of the molecule is CCOC(=O)c1c[nH]c(C=C2C(=O)NN=C2C2CC2)c1-c1ccccc1. The minimum atomic E-state index is -0.390. The first-order valence-electron chi connectivity index (χ1n) is 8.73. The number of hydrogen-bond acceptors (Lipinski definition) is 4. The van der Waals surface area contributed by atoms with Crippen LogP contribution >= 0.6 is 0 Å². The Morgan fingerprint density at radius 1 is 1.31 bits per heavy atom. The number of carbonyl (C=O) groups excluding carboxylic acids is 2. The normalized spacial score (nSPS) is 18.0. The maximum atomic E-state index is 12.4. The molecular weight excluding hydrogens is 330 g/mol. The van der Waals surface area contributed by atoms with Crippen molar-refractivity contribution in [2.75, 3.05) is 6.61 Å². The maximum absolute atomic E-state index is 12.4. The molecule has 0 unspecified atom stereocenters. The van der Waals surface area contributed by atoms with Crippen LogP contribution in [0.5, 0.6) is 0 Å². The Morgan fingerprint density at radius 2 is 2.08 bits per heavy atom. The summed E-state index contributed by atoms with van der Waals surface area (Å²) >= 11 is 0. The largest absolute Gasteiger partial charge is 0.462 e. The smallest absolute Gasteiger partial charge is 0.340 e. The lowest BCUT2D eigenvalue weighted by Crippen LogP contribution is -2.13. The molecule has 2 aliphatic rings. The van der Waals surface area contributed by atoms with Crippen LogP contribution in [-0.4, -0.2) is 29.2 Å². The van der Waals surface area contributed by atoms with Crippen LogP contribution < -0.4 is 5.43 Å². The summed E-state index contributed by atoms with van der Waals surface area (Å²) in [4.78, 5) is 27.7. The van der Waals surface area contributed by atoms with Gasteiger partial charge in [-0.15, -0.1) is 0 Å². The van der Waals surface area contributed by atoms with E-state index in [0.29, 0.717) is 29.4 Å². The fraction of sp³-hybridized carbons (Fsp3) is 0.250. The molecule has 0 saturated heterocycles. The molecule has 6 heteroatoms. The minimum Gasteiger partial charge on any atom is -0.462 e. The predicted molar refractivity (Wildman–Crippen MR) is 98.5 cm³/mol. The number of amides is 1. The number of aromatic amines is 1. The Kier molecular flexibility index (Phi) is 4.16. The summed E-state index contributed by atoms with van der Waals surface area (Å²) in [6, 6.07) is 9.60. The quantitative estimate of drug-likeness (QED) is 0.642. The Morgan fingerprint density at radius 3 is 2.77 bits per heavy atom. The van der Waals surface area contributed by atoms with Gasteiger partial charge in [-0.1, -0.05) is 30.3 Å². The molecule has 2 heterocycles. The highest BCUT2D eigenvalue weighted by atomic mass is 16.5. The molecule has 1 aromatic heterocycles. The average molecular weight is 349 g/mol. The summed E-state index contributed by atoms with van der Waals surface area (Å²) in [5.41, 5.74) is 6.67. The van der Waals surface area contributed by atoms with Gasteiger partial charge in [-0.25, -0.2) is 10.2 Å². The van der Waals surface area contributed by atoms with Crippen LogP contribution in [0.1, 0.15) is 35.8 Å². The number of H-pyrrole nitrogens is 1. The third-order valence-electron chi connectivity index (χ3n) is 4.52. The number of aromatic nitrogens is 1. The molecule has 0 spiro atoms.